The summed E-state index contributed by atoms with van der Waals surface area (Å²) in [5.74, 6) is 0.946. The Morgan fingerprint density at radius 3 is 2.33 bits per heavy atom. The summed E-state index contributed by atoms with van der Waals surface area (Å²) < 4.78 is 0. The van der Waals surface area contributed by atoms with E-state index in [-0.39, 0.29) is 11.9 Å². The second-order valence-electron chi connectivity index (χ2n) is 4.85. The van der Waals surface area contributed by atoms with Gasteiger partial charge in [-0.15, -0.1) is 11.6 Å². The summed E-state index contributed by atoms with van der Waals surface area (Å²) >= 11 is 5.76. The van der Waals surface area contributed by atoms with Gasteiger partial charge in [-0.25, -0.2) is 0 Å². The molecule has 1 amide bonds. The molecule has 0 saturated heterocycles. The first-order chi connectivity index (χ1) is 8.58. The molecule has 0 heterocycles. The zero-order valence-electron chi connectivity index (χ0n) is 11.4. The van der Waals surface area contributed by atoms with Gasteiger partial charge in [0.15, 0.2) is 0 Å². The Kier molecular flexibility index (Phi) is 6.20. The smallest absolute Gasteiger partial charge is 0.251 e. The van der Waals surface area contributed by atoms with Crippen LogP contribution in [0.1, 0.15) is 43.1 Å². The molecule has 18 heavy (non-hydrogen) atoms. The molecule has 1 aromatic carbocycles. The number of carbonyl (C=O) groups is 1. The molecule has 1 aromatic rings. The molecule has 0 spiro atoms. The highest BCUT2D eigenvalue weighted by Crippen LogP contribution is 2.10. The van der Waals surface area contributed by atoms with Crippen molar-refractivity contribution in [3.8, 4) is 0 Å². The molecule has 3 heteroatoms. The van der Waals surface area contributed by atoms with Gasteiger partial charge < -0.3 is 5.32 Å². The lowest BCUT2D eigenvalue weighted by molar-refractivity contribution is 0.0925. The van der Waals surface area contributed by atoms with Crippen molar-refractivity contribution in [3.63, 3.8) is 0 Å². The summed E-state index contributed by atoms with van der Waals surface area (Å²) in [6, 6.07) is 7.90. The lowest BCUT2D eigenvalue weighted by Crippen LogP contribution is -2.38. The summed E-state index contributed by atoms with van der Waals surface area (Å²) in [4.78, 5) is 12.1. The van der Waals surface area contributed by atoms with E-state index in [0.717, 1.165) is 12.8 Å². The predicted octanol–water partition coefficient (Wildman–Crippen LogP) is 3.63. The average molecular weight is 268 g/mol. The molecule has 1 N–H and O–H groups in total. The minimum Gasteiger partial charge on any atom is -0.349 e. The molecule has 0 radical (unpaired) electrons. The number of carbonyl (C=O) groups excluding carboxylic acids is 1. The molecular formula is C15H22ClNO. The highest BCUT2D eigenvalue weighted by atomic mass is 35.5. The molecule has 1 atom stereocenters. The Hall–Kier alpha value is -1.02. The van der Waals surface area contributed by atoms with E-state index in [1.807, 2.05) is 24.3 Å². The van der Waals surface area contributed by atoms with Crippen LogP contribution in [0.5, 0.6) is 0 Å². The van der Waals surface area contributed by atoms with Crippen LogP contribution in [0.25, 0.3) is 0 Å². The van der Waals surface area contributed by atoms with E-state index in [2.05, 4.69) is 26.1 Å². The zero-order valence-corrected chi connectivity index (χ0v) is 12.1. The highest BCUT2D eigenvalue weighted by Gasteiger charge is 2.16. The van der Waals surface area contributed by atoms with Gasteiger partial charge >= 0.3 is 0 Å². The minimum absolute atomic E-state index is 0.0125. The van der Waals surface area contributed by atoms with E-state index < -0.39 is 0 Å². The molecule has 0 saturated carbocycles. The van der Waals surface area contributed by atoms with E-state index in [1.54, 1.807) is 0 Å². The minimum atomic E-state index is -0.0125. The Labute approximate surface area is 115 Å². The van der Waals surface area contributed by atoms with Crippen LogP contribution in [-0.4, -0.2) is 17.8 Å². The van der Waals surface area contributed by atoms with Crippen molar-refractivity contribution in [1.82, 2.24) is 5.32 Å². The third-order valence-corrected chi connectivity index (χ3v) is 3.38. The molecule has 0 bridgehead atoms. The third-order valence-electron chi connectivity index (χ3n) is 3.17. The molecule has 2 nitrogen and oxygen atoms in total. The Bertz CT molecular complexity index is 373. The monoisotopic (exact) mass is 267 g/mol. The van der Waals surface area contributed by atoms with Crippen molar-refractivity contribution >= 4 is 17.5 Å². The van der Waals surface area contributed by atoms with E-state index in [4.69, 9.17) is 11.6 Å². The quantitative estimate of drug-likeness (QED) is 0.784. The van der Waals surface area contributed by atoms with E-state index in [1.165, 1.54) is 5.56 Å². The van der Waals surface area contributed by atoms with Gasteiger partial charge in [0.1, 0.15) is 0 Å². The molecule has 0 aromatic heterocycles. The van der Waals surface area contributed by atoms with Crippen LogP contribution in [0.15, 0.2) is 24.3 Å². The van der Waals surface area contributed by atoms with Gasteiger partial charge in [0.2, 0.25) is 0 Å². The van der Waals surface area contributed by atoms with Gasteiger partial charge in [0.05, 0.1) is 0 Å². The first-order valence-corrected chi connectivity index (χ1v) is 7.07. The fourth-order valence-corrected chi connectivity index (χ4v) is 2.07. The molecule has 1 rings (SSSR count). The van der Waals surface area contributed by atoms with Crippen molar-refractivity contribution in [1.29, 1.82) is 0 Å². The standard InChI is InChI=1S/C15H22ClNO/c1-4-12-5-7-13(8-6-12)15(18)17-14(9-10-16)11(2)3/h5-8,11,14H,4,9-10H2,1-3H3,(H,17,18). The van der Waals surface area contributed by atoms with E-state index in [0.29, 0.717) is 17.4 Å². The first kappa shape index (κ1) is 15.0. The maximum Gasteiger partial charge on any atom is 0.251 e. The summed E-state index contributed by atoms with van der Waals surface area (Å²) in [5.41, 5.74) is 1.96. The lowest BCUT2D eigenvalue weighted by Gasteiger charge is -2.21. The number of benzene rings is 1. The zero-order chi connectivity index (χ0) is 13.5. The SMILES string of the molecule is CCc1ccc(C(=O)NC(CCCl)C(C)C)cc1. The van der Waals surface area contributed by atoms with Crippen molar-refractivity contribution in [2.24, 2.45) is 5.92 Å². The highest BCUT2D eigenvalue weighted by molar-refractivity contribution is 6.17. The summed E-state index contributed by atoms with van der Waals surface area (Å²) in [6.07, 6.45) is 1.79. The number of rotatable bonds is 6. The Morgan fingerprint density at radius 1 is 1.28 bits per heavy atom. The van der Waals surface area contributed by atoms with Crippen LogP contribution >= 0.6 is 11.6 Å². The number of hydrogen-bond acceptors (Lipinski definition) is 1. The fraction of sp³-hybridized carbons (Fsp3) is 0.533. The second-order valence-corrected chi connectivity index (χ2v) is 5.23. The molecule has 0 aliphatic heterocycles. The largest absolute Gasteiger partial charge is 0.349 e. The van der Waals surface area contributed by atoms with Crippen LogP contribution in [0.4, 0.5) is 0 Å². The van der Waals surface area contributed by atoms with Crippen molar-refractivity contribution in [2.45, 2.75) is 39.7 Å². The second kappa shape index (κ2) is 7.42. The van der Waals surface area contributed by atoms with Gasteiger partial charge in [-0.2, -0.15) is 0 Å². The van der Waals surface area contributed by atoms with Crippen LogP contribution in [0.3, 0.4) is 0 Å². The average Bonchev–Trinajstić information content (AvgIpc) is 2.38. The molecule has 0 aliphatic carbocycles. The van der Waals surface area contributed by atoms with Crippen molar-refractivity contribution in [3.05, 3.63) is 35.4 Å². The number of alkyl halides is 1. The van der Waals surface area contributed by atoms with E-state index in [9.17, 15) is 4.79 Å². The van der Waals surface area contributed by atoms with Crippen LogP contribution in [0.2, 0.25) is 0 Å². The van der Waals surface area contributed by atoms with Crippen LogP contribution in [0, 0.1) is 5.92 Å². The van der Waals surface area contributed by atoms with Gasteiger partial charge in [0.25, 0.3) is 5.91 Å². The Balaban J connectivity index is 2.67. The van der Waals surface area contributed by atoms with Gasteiger partial charge in [0, 0.05) is 17.5 Å². The van der Waals surface area contributed by atoms with Gasteiger partial charge in [-0.3, -0.25) is 4.79 Å². The maximum atomic E-state index is 12.1. The summed E-state index contributed by atoms with van der Waals surface area (Å²) in [7, 11) is 0. The summed E-state index contributed by atoms with van der Waals surface area (Å²) in [6.45, 7) is 6.29. The van der Waals surface area contributed by atoms with Gasteiger partial charge in [-0.05, 0) is 36.5 Å². The summed E-state index contributed by atoms with van der Waals surface area (Å²) in [5, 5.41) is 3.05. The molecule has 100 valence electrons. The molecule has 0 fully saturated rings. The molecule has 1 unspecified atom stereocenters. The number of nitrogens with one attached hydrogen (secondary N) is 1. The van der Waals surface area contributed by atoms with Crippen molar-refractivity contribution in [2.75, 3.05) is 5.88 Å². The van der Waals surface area contributed by atoms with E-state index >= 15 is 0 Å². The number of hydrogen-bond donors (Lipinski definition) is 1. The molecule has 0 aliphatic rings. The first-order valence-electron chi connectivity index (χ1n) is 6.54. The lowest BCUT2D eigenvalue weighted by atomic mass is 10.0. The predicted molar refractivity (Wildman–Crippen MR) is 77.2 cm³/mol. The maximum absolute atomic E-state index is 12.1. The molecular weight excluding hydrogens is 246 g/mol. The van der Waals surface area contributed by atoms with Crippen LogP contribution < -0.4 is 5.32 Å². The van der Waals surface area contributed by atoms with Crippen molar-refractivity contribution < 1.29 is 4.79 Å². The topological polar surface area (TPSA) is 29.1 Å². The number of aryl methyl sites for hydroxylation is 1. The number of amides is 1. The fourth-order valence-electron chi connectivity index (χ4n) is 1.83. The van der Waals surface area contributed by atoms with Crippen LogP contribution in [-0.2, 0) is 6.42 Å². The third kappa shape index (κ3) is 4.34. The van der Waals surface area contributed by atoms with Gasteiger partial charge in [-0.1, -0.05) is 32.9 Å². The number of halogens is 1. The Morgan fingerprint density at radius 2 is 1.89 bits per heavy atom. The normalized spacial score (nSPS) is 12.5.